The highest BCUT2D eigenvalue weighted by Crippen LogP contribution is 2.61. The highest BCUT2D eigenvalue weighted by Gasteiger charge is 2.52. The van der Waals surface area contributed by atoms with Crippen LogP contribution in [0.25, 0.3) is 0 Å². The average molecular weight is 238 g/mol. The van der Waals surface area contributed by atoms with Gasteiger partial charge >= 0.3 is 0 Å². The maximum atomic E-state index is 10.2. The molecule has 2 nitrogen and oxygen atoms in total. The molecule has 0 saturated heterocycles. The summed E-state index contributed by atoms with van der Waals surface area (Å²) >= 11 is 0. The largest absolute Gasteiger partial charge is 0.393 e. The first kappa shape index (κ1) is 13.1. The number of allylic oxidation sites excluding steroid dienone is 1. The van der Waals surface area contributed by atoms with Gasteiger partial charge in [-0.15, -0.1) is 0 Å². The Labute approximate surface area is 105 Å². The Morgan fingerprint density at radius 3 is 2.47 bits per heavy atom. The lowest BCUT2D eigenvalue weighted by molar-refractivity contribution is 0.0648. The zero-order valence-corrected chi connectivity index (χ0v) is 11.6. The molecular weight excluding hydrogens is 212 g/mol. The summed E-state index contributed by atoms with van der Waals surface area (Å²) in [6.07, 6.45) is 3.90. The third-order valence-corrected chi connectivity index (χ3v) is 5.04. The second kappa shape index (κ2) is 4.10. The van der Waals surface area contributed by atoms with Crippen LogP contribution in [0.1, 0.15) is 53.4 Å². The van der Waals surface area contributed by atoms with Crippen LogP contribution < -0.4 is 0 Å². The van der Waals surface area contributed by atoms with Gasteiger partial charge in [-0.05, 0) is 54.9 Å². The molecule has 0 spiro atoms. The van der Waals surface area contributed by atoms with Crippen LogP contribution in [0.5, 0.6) is 0 Å². The molecule has 0 bridgehead atoms. The Morgan fingerprint density at radius 1 is 1.24 bits per heavy atom. The second-order valence-electron chi connectivity index (χ2n) is 7.17. The van der Waals surface area contributed by atoms with Crippen LogP contribution in [0.2, 0.25) is 0 Å². The number of aliphatic hydroxyl groups is 2. The molecule has 0 aliphatic heterocycles. The molecule has 2 fully saturated rings. The van der Waals surface area contributed by atoms with Crippen molar-refractivity contribution >= 4 is 0 Å². The monoisotopic (exact) mass is 238 g/mol. The first-order chi connectivity index (χ1) is 7.78. The van der Waals surface area contributed by atoms with Crippen LogP contribution >= 0.6 is 0 Å². The quantitative estimate of drug-likeness (QED) is 0.690. The molecule has 2 aliphatic rings. The molecular formula is C15H26O2. The minimum absolute atomic E-state index is 0.139. The first-order valence-electron chi connectivity index (χ1n) is 6.76. The van der Waals surface area contributed by atoms with Crippen molar-refractivity contribution in [2.45, 2.75) is 59.5 Å². The standard InChI is InChI=1S/C15H26O2/c1-10(9-16)13-5-11-6-14(2,3)7-12(17)8-15(11,13)4/h11-12,16-17H,5-9H2,1-4H3/b13-10-/t11-,12+,15-/m1/s1. The summed E-state index contributed by atoms with van der Waals surface area (Å²) in [5.74, 6) is 0.686. The summed E-state index contributed by atoms with van der Waals surface area (Å²) in [5, 5.41) is 19.5. The smallest absolute Gasteiger partial charge is 0.0641 e. The van der Waals surface area contributed by atoms with Crippen molar-refractivity contribution in [3.63, 3.8) is 0 Å². The molecule has 98 valence electrons. The summed E-state index contributed by atoms with van der Waals surface area (Å²) < 4.78 is 0. The lowest BCUT2D eigenvalue weighted by Gasteiger charge is -2.52. The molecule has 0 amide bonds. The molecule has 0 unspecified atom stereocenters. The van der Waals surface area contributed by atoms with Crippen molar-refractivity contribution in [3.05, 3.63) is 11.1 Å². The van der Waals surface area contributed by atoms with E-state index in [0.717, 1.165) is 24.8 Å². The predicted molar refractivity (Wildman–Crippen MR) is 69.6 cm³/mol. The van der Waals surface area contributed by atoms with E-state index in [9.17, 15) is 10.2 Å². The molecule has 0 aromatic carbocycles. The number of fused-ring (bicyclic) bond motifs is 1. The molecule has 17 heavy (non-hydrogen) atoms. The molecule has 2 aliphatic carbocycles. The summed E-state index contributed by atoms with van der Waals surface area (Å²) in [6, 6.07) is 0. The number of hydrogen-bond donors (Lipinski definition) is 2. The van der Waals surface area contributed by atoms with Gasteiger partial charge in [0, 0.05) is 0 Å². The minimum atomic E-state index is -0.193. The van der Waals surface area contributed by atoms with E-state index in [4.69, 9.17) is 0 Å². The summed E-state index contributed by atoms with van der Waals surface area (Å²) in [5.41, 5.74) is 2.91. The first-order valence-corrected chi connectivity index (χ1v) is 6.76. The molecule has 0 aromatic heterocycles. The van der Waals surface area contributed by atoms with Gasteiger partial charge in [0.25, 0.3) is 0 Å². The molecule has 2 rings (SSSR count). The number of rotatable bonds is 1. The number of hydrogen-bond acceptors (Lipinski definition) is 2. The van der Waals surface area contributed by atoms with E-state index in [-0.39, 0.29) is 23.5 Å². The Balaban J connectivity index is 2.28. The van der Waals surface area contributed by atoms with Gasteiger partial charge in [0.2, 0.25) is 0 Å². The van der Waals surface area contributed by atoms with Gasteiger partial charge in [0.15, 0.2) is 0 Å². The normalized spacial score (nSPS) is 43.4. The lowest BCUT2D eigenvalue weighted by atomic mass is 9.53. The van der Waals surface area contributed by atoms with Gasteiger partial charge < -0.3 is 10.2 Å². The average Bonchev–Trinajstić information content (AvgIpc) is 2.26. The Morgan fingerprint density at radius 2 is 1.88 bits per heavy atom. The van der Waals surface area contributed by atoms with Crippen LogP contribution in [0, 0.1) is 16.7 Å². The van der Waals surface area contributed by atoms with Crippen molar-refractivity contribution in [1.29, 1.82) is 0 Å². The molecule has 0 heterocycles. The third kappa shape index (κ3) is 2.17. The van der Waals surface area contributed by atoms with E-state index >= 15 is 0 Å². The topological polar surface area (TPSA) is 40.5 Å². The fourth-order valence-corrected chi connectivity index (χ4v) is 4.11. The molecule has 0 radical (unpaired) electrons. The van der Waals surface area contributed by atoms with Crippen molar-refractivity contribution in [2.24, 2.45) is 16.7 Å². The lowest BCUT2D eigenvalue weighted by Crippen LogP contribution is -2.42. The van der Waals surface area contributed by atoms with Crippen molar-refractivity contribution in [3.8, 4) is 0 Å². The third-order valence-electron chi connectivity index (χ3n) is 5.04. The van der Waals surface area contributed by atoms with E-state index in [1.165, 1.54) is 12.0 Å². The van der Waals surface area contributed by atoms with Crippen LogP contribution in [-0.2, 0) is 0 Å². The van der Waals surface area contributed by atoms with Gasteiger partial charge in [0.05, 0.1) is 12.7 Å². The maximum absolute atomic E-state index is 10.2. The highest BCUT2D eigenvalue weighted by molar-refractivity contribution is 5.31. The van der Waals surface area contributed by atoms with Gasteiger partial charge in [-0.25, -0.2) is 0 Å². The van der Waals surface area contributed by atoms with E-state index in [2.05, 4.69) is 20.8 Å². The van der Waals surface area contributed by atoms with E-state index in [1.54, 1.807) is 0 Å². The van der Waals surface area contributed by atoms with E-state index < -0.39 is 0 Å². The van der Waals surface area contributed by atoms with Crippen molar-refractivity contribution in [2.75, 3.05) is 6.61 Å². The number of aliphatic hydroxyl groups excluding tert-OH is 2. The Bertz CT molecular complexity index is 343. The van der Waals surface area contributed by atoms with Gasteiger partial charge in [-0.1, -0.05) is 26.3 Å². The van der Waals surface area contributed by atoms with E-state index in [0.29, 0.717) is 5.92 Å². The molecule has 0 aromatic rings. The zero-order chi connectivity index (χ0) is 12.8. The Hall–Kier alpha value is -0.340. The molecule has 3 atom stereocenters. The van der Waals surface area contributed by atoms with Crippen LogP contribution in [0.15, 0.2) is 11.1 Å². The van der Waals surface area contributed by atoms with Crippen molar-refractivity contribution < 1.29 is 10.2 Å². The van der Waals surface area contributed by atoms with Gasteiger partial charge in [-0.2, -0.15) is 0 Å². The second-order valence-corrected chi connectivity index (χ2v) is 7.17. The summed E-state index contributed by atoms with van der Waals surface area (Å²) in [4.78, 5) is 0. The van der Waals surface area contributed by atoms with Crippen LogP contribution in [0.3, 0.4) is 0 Å². The fourth-order valence-electron chi connectivity index (χ4n) is 4.11. The predicted octanol–water partition coefficient (Wildman–Crippen LogP) is 2.89. The summed E-state index contributed by atoms with van der Waals surface area (Å²) in [6.45, 7) is 9.00. The van der Waals surface area contributed by atoms with Crippen LogP contribution in [-0.4, -0.2) is 22.9 Å². The molecule has 2 saturated carbocycles. The SMILES string of the molecule is C/C(CO)=C1\C[C@@H]2CC(C)(C)C[C@H](O)C[C@@]12C. The van der Waals surface area contributed by atoms with Crippen LogP contribution in [0.4, 0.5) is 0 Å². The maximum Gasteiger partial charge on any atom is 0.0641 e. The minimum Gasteiger partial charge on any atom is -0.393 e. The zero-order valence-electron chi connectivity index (χ0n) is 11.6. The van der Waals surface area contributed by atoms with E-state index in [1.807, 2.05) is 6.92 Å². The summed E-state index contributed by atoms with van der Waals surface area (Å²) in [7, 11) is 0. The van der Waals surface area contributed by atoms with Gasteiger partial charge in [-0.3, -0.25) is 0 Å². The Kier molecular flexibility index (Phi) is 3.16. The fraction of sp³-hybridized carbons (Fsp3) is 0.867. The molecule has 2 heteroatoms. The van der Waals surface area contributed by atoms with Crippen molar-refractivity contribution in [1.82, 2.24) is 0 Å². The molecule has 2 N–H and O–H groups in total. The highest BCUT2D eigenvalue weighted by atomic mass is 16.3. The van der Waals surface area contributed by atoms with Gasteiger partial charge in [0.1, 0.15) is 0 Å².